The van der Waals surface area contributed by atoms with E-state index in [1.54, 1.807) is 32.2 Å². The first kappa shape index (κ1) is 34.7. The summed E-state index contributed by atoms with van der Waals surface area (Å²) in [5, 5.41) is 1.56. The maximum atomic E-state index is 14.4. The van der Waals surface area contributed by atoms with Crippen molar-refractivity contribution in [3.8, 4) is 5.88 Å². The zero-order valence-corrected chi connectivity index (χ0v) is 23.7. The number of nitrogens with two attached hydrogens (primary N) is 1. The molecule has 0 fully saturated rings. The number of primary amides is 1. The van der Waals surface area contributed by atoms with E-state index in [-0.39, 0.29) is 24.7 Å². The van der Waals surface area contributed by atoms with Gasteiger partial charge in [0.1, 0.15) is 0 Å². The molecule has 0 aliphatic rings. The lowest BCUT2D eigenvalue weighted by atomic mass is 9.85. The van der Waals surface area contributed by atoms with Crippen LogP contribution < -0.4 is 10.5 Å². The molecule has 0 aliphatic heterocycles. The van der Waals surface area contributed by atoms with Crippen LogP contribution in [0.15, 0.2) is 24.4 Å². The second-order valence-corrected chi connectivity index (χ2v) is 7.95. The molecule has 2 aromatic rings. The fourth-order valence-electron chi connectivity index (χ4n) is 3.35. The number of aryl methyl sites for hydroxylation is 1. The Morgan fingerprint density at radius 2 is 1.63 bits per heavy atom. The number of fused-ring (bicyclic) bond motifs is 1. The van der Waals surface area contributed by atoms with E-state index < -0.39 is 18.0 Å². The van der Waals surface area contributed by atoms with Crippen molar-refractivity contribution >= 4 is 22.5 Å². The average Bonchev–Trinajstić information content (AvgIpc) is 2.89. The highest BCUT2D eigenvalue weighted by molar-refractivity contribution is 6.00. The van der Waals surface area contributed by atoms with Crippen molar-refractivity contribution in [2.24, 2.45) is 17.6 Å². The summed E-state index contributed by atoms with van der Waals surface area (Å²) in [6.07, 6.45) is 3.51. The third-order valence-corrected chi connectivity index (χ3v) is 5.56. The van der Waals surface area contributed by atoms with E-state index >= 15 is 0 Å². The van der Waals surface area contributed by atoms with Crippen LogP contribution in [0.1, 0.15) is 104 Å². The number of alkyl halides is 1. The molecular weight excluding hydrogens is 443 g/mol. The summed E-state index contributed by atoms with van der Waals surface area (Å²) in [4.78, 5) is 27.5. The zero-order valence-electron chi connectivity index (χ0n) is 23.7. The molecule has 35 heavy (non-hydrogen) atoms. The van der Waals surface area contributed by atoms with Crippen molar-refractivity contribution in [2.45, 2.75) is 101 Å². The number of hydrogen-bond acceptors (Lipinski definition) is 4. The Kier molecular flexibility index (Phi) is 19.6. The van der Waals surface area contributed by atoms with Gasteiger partial charge in [-0.3, -0.25) is 9.59 Å². The molecule has 0 bridgehead atoms. The van der Waals surface area contributed by atoms with Gasteiger partial charge in [0.25, 0.3) is 0 Å². The first-order valence-electron chi connectivity index (χ1n) is 13.2. The van der Waals surface area contributed by atoms with E-state index in [0.717, 1.165) is 16.3 Å². The SMILES string of the molecule is CC.CC.CCC(=O)C(F)C(CC)C(C)COc1nccc2cc(C(N)=O)c(C)cc12.CCCC. The molecule has 0 radical (unpaired) electrons. The smallest absolute Gasteiger partial charge is 0.248 e. The molecule has 2 N–H and O–H groups in total. The minimum absolute atomic E-state index is 0.149. The van der Waals surface area contributed by atoms with Crippen LogP contribution in [0.3, 0.4) is 0 Å². The maximum Gasteiger partial charge on any atom is 0.248 e. The normalized spacial score (nSPS) is 12.4. The standard InChI is InChI=1S/C21H27FN2O3.C4H10.2C2H6/c1-5-15(19(22)18(25)6-2)13(4)11-27-21-17-9-12(3)16(20(23)26)10-14(17)7-8-24-21;1-3-4-2;2*1-2/h7-10,13,15,19H,5-6,11H2,1-4H3,(H2,23,26);3-4H2,1-2H3;2*1-2H3. The molecule has 1 amide bonds. The fraction of sp³-hybridized carbons (Fsp3) is 0.621. The van der Waals surface area contributed by atoms with Gasteiger partial charge in [0, 0.05) is 29.5 Å². The number of carbonyl (C=O) groups excluding carboxylic acids is 2. The van der Waals surface area contributed by atoms with Crippen LogP contribution >= 0.6 is 0 Å². The van der Waals surface area contributed by atoms with Gasteiger partial charge in [-0.25, -0.2) is 9.37 Å². The lowest BCUT2D eigenvalue weighted by Crippen LogP contribution is -2.32. The minimum atomic E-state index is -1.47. The van der Waals surface area contributed by atoms with Crippen molar-refractivity contribution in [3.63, 3.8) is 0 Å². The van der Waals surface area contributed by atoms with Crippen molar-refractivity contribution in [2.75, 3.05) is 6.61 Å². The van der Waals surface area contributed by atoms with Crippen LogP contribution in [-0.2, 0) is 4.79 Å². The van der Waals surface area contributed by atoms with Gasteiger partial charge in [0.2, 0.25) is 11.8 Å². The van der Waals surface area contributed by atoms with Crippen LogP contribution in [0.25, 0.3) is 10.8 Å². The Morgan fingerprint density at radius 1 is 1.06 bits per heavy atom. The topological polar surface area (TPSA) is 82.3 Å². The van der Waals surface area contributed by atoms with Gasteiger partial charge in [0.15, 0.2) is 12.0 Å². The molecule has 3 atom stereocenters. The summed E-state index contributed by atoms with van der Waals surface area (Å²) in [7, 11) is 0. The predicted molar refractivity (Wildman–Crippen MR) is 147 cm³/mol. The number of amides is 1. The summed E-state index contributed by atoms with van der Waals surface area (Å²) >= 11 is 0. The third-order valence-electron chi connectivity index (χ3n) is 5.56. The largest absolute Gasteiger partial charge is 0.477 e. The number of Topliss-reactive ketones (excluding diaryl/α,β-unsaturated/α-hetero) is 1. The quantitative estimate of drug-likeness (QED) is 0.366. The number of unbranched alkanes of at least 4 members (excludes halogenated alkanes) is 1. The fourth-order valence-corrected chi connectivity index (χ4v) is 3.35. The molecule has 1 aromatic carbocycles. The number of aromatic nitrogens is 1. The van der Waals surface area contributed by atoms with Crippen molar-refractivity contribution in [3.05, 3.63) is 35.5 Å². The van der Waals surface area contributed by atoms with Gasteiger partial charge in [-0.05, 0) is 48.4 Å². The van der Waals surface area contributed by atoms with E-state index in [4.69, 9.17) is 10.5 Å². The Labute approximate surface area is 213 Å². The van der Waals surface area contributed by atoms with Crippen LogP contribution in [0, 0.1) is 18.8 Å². The summed E-state index contributed by atoms with van der Waals surface area (Å²) < 4.78 is 20.3. The van der Waals surface area contributed by atoms with Crippen molar-refractivity contribution in [1.29, 1.82) is 0 Å². The summed E-state index contributed by atoms with van der Waals surface area (Å²) in [6.45, 7) is 19.8. The van der Waals surface area contributed by atoms with Gasteiger partial charge in [-0.15, -0.1) is 0 Å². The first-order valence-corrected chi connectivity index (χ1v) is 13.2. The van der Waals surface area contributed by atoms with E-state index in [2.05, 4.69) is 18.8 Å². The number of ketones is 1. The molecular formula is C29H49FN2O3. The molecule has 0 saturated carbocycles. The molecule has 3 unspecified atom stereocenters. The second kappa shape index (κ2) is 19.8. The lowest BCUT2D eigenvalue weighted by Gasteiger charge is -2.25. The molecule has 0 spiro atoms. The Balaban J connectivity index is 0. The molecule has 6 heteroatoms. The number of rotatable bonds is 10. The Bertz CT molecular complexity index is 868. The Hall–Kier alpha value is -2.50. The second-order valence-electron chi connectivity index (χ2n) is 7.95. The predicted octanol–water partition coefficient (Wildman–Crippen LogP) is 7.86. The van der Waals surface area contributed by atoms with Crippen molar-refractivity contribution < 1.29 is 18.7 Å². The lowest BCUT2D eigenvalue weighted by molar-refractivity contribution is -0.126. The van der Waals surface area contributed by atoms with Crippen molar-refractivity contribution in [1.82, 2.24) is 4.98 Å². The summed E-state index contributed by atoms with van der Waals surface area (Å²) in [5.74, 6) is -0.973. The van der Waals surface area contributed by atoms with Gasteiger partial charge >= 0.3 is 0 Å². The van der Waals surface area contributed by atoms with Gasteiger partial charge in [-0.2, -0.15) is 0 Å². The molecule has 5 nitrogen and oxygen atoms in total. The van der Waals surface area contributed by atoms with Crippen LogP contribution in [0.2, 0.25) is 0 Å². The number of pyridine rings is 1. The molecule has 0 saturated heterocycles. The monoisotopic (exact) mass is 492 g/mol. The highest BCUT2D eigenvalue weighted by atomic mass is 19.1. The number of carbonyl (C=O) groups is 2. The maximum absolute atomic E-state index is 14.4. The summed E-state index contributed by atoms with van der Waals surface area (Å²) in [6, 6.07) is 5.32. The zero-order chi connectivity index (χ0) is 27.6. The molecule has 2 rings (SSSR count). The molecule has 200 valence electrons. The number of hydrogen-bond donors (Lipinski definition) is 1. The van der Waals surface area contributed by atoms with E-state index in [1.807, 2.05) is 47.6 Å². The molecule has 0 aliphatic carbocycles. The van der Waals surface area contributed by atoms with Crippen LogP contribution in [0.5, 0.6) is 5.88 Å². The number of ether oxygens (including phenoxy) is 1. The highest BCUT2D eigenvalue weighted by Gasteiger charge is 2.30. The van der Waals surface area contributed by atoms with Gasteiger partial charge in [0.05, 0.1) is 6.61 Å². The van der Waals surface area contributed by atoms with Gasteiger partial charge in [-0.1, -0.05) is 75.2 Å². The first-order chi connectivity index (χ1) is 16.7. The van der Waals surface area contributed by atoms with Crippen LogP contribution in [-0.4, -0.2) is 29.5 Å². The average molecular weight is 493 g/mol. The molecule has 1 aromatic heterocycles. The highest BCUT2D eigenvalue weighted by Crippen LogP contribution is 2.29. The Morgan fingerprint density at radius 3 is 2.09 bits per heavy atom. The number of benzene rings is 1. The van der Waals surface area contributed by atoms with E-state index in [9.17, 15) is 14.0 Å². The number of nitrogens with zero attached hydrogens (tertiary/aromatic N) is 1. The summed E-state index contributed by atoms with van der Waals surface area (Å²) in [5.41, 5.74) is 6.60. The minimum Gasteiger partial charge on any atom is -0.477 e. The van der Waals surface area contributed by atoms with Gasteiger partial charge < -0.3 is 10.5 Å². The van der Waals surface area contributed by atoms with E-state index in [1.165, 1.54) is 12.8 Å². The number of halogens is 1. The third kappa shape index (κ3) is 11.2. The molecule has 1 heterocycles. The van der Waals surface area contributed by atoms with Crippen LogP contribution in [0.4, 0.5) is 4.39 Å². The van der Waals surface area contributed by atoms with E-state index in [0.29, 0.717) is 17.9 Å².